The molecule has 0 bridgehead atoms. The second kappa shape index (κ2) is 5.08. The van der Waals surface area contributed by atoms with Gasteiger partial charge in [0.05, 0.1) is 5.71 Å². The van der Waals surface area contributed by atoms with Crippen LogP contribution in [0.25, 0.3) is 0 Å². The van der Waals surface area contributed by atoms with Crippen molar-refractivity contribution in [1.82, 2.24) is 0 Å². The van der Waals surface area contributed by atoms with Crippen LogP contribution in [-0.4, -0.2) is 34.9 Å². The molecule has 1 atom stereocenters. The predicted octanol–water partition coefficient (Wildman–Crippen LogP) is 2.11. The Morgan fingerprint density at radius 2 is 2.05 bits per heavy atom. The normalized spacial score (nSPS) is 18.4. The number of alkyl halides is 3. The van der Waals surface area contributed by atoms with E-state index in [1.807, 2.05) is 0 Å². The summed E-state index contributed by atoms with van der Waals surface area (Å²) in [6, 6.07) is 4.71. The summed E-state index contributed by atoms with van der Waals surface area (Å²) in [5.41, 5.74) is 2.18. The molecule has 2 rings (SSSR count). The van der Waals surface area contributed by atoms with Gasteiger partial charge in [-0.05, 0) is 36.6 Å². The summed E-state index contributed by atoms with van der Waals surface area (Å²) in [5.74, 6) is 0.251. The quantitative estimate of drug-likeness (QED) is 0.656. The Morgan fingerprint density at radius 1 is 1.32 bits per heavy atom. The highest BCUT2D eigenvalue weighted by atomic mass is 19.4. The van der Waals surface area contributed by atoms with Crippen LogP contribution >= 0.6 is 0 Å². The Hall–Kier alpha value is -1.76. The number of rotatable bonds is 3. The van der Waals surface area contributed by atoms with Gasteiger partial charge in [0, 0.05) is 5.56 Å². The number of oxime groups is 1. The molecule has 0 radical (unpaired) electrons. The first-order chi connectivity index (χ1) is 8.91. The van der Waals surface area contributed by atoms with E-state index in [0.29, 0.717) is 18.6 Å². The van der Waals surface area contributed by atoms with Gasteiger partial charge in [0.25, 0.3) is 0 Å². The highest BCUT2D eigenvalue weighted by Crippen LogP contribution is 2.27. The Labute approximate surface area is 107 Å². The Bertz CT molecular complexity index is 499. The second-order valence-electron chi connectivity index (χ2n) is 4.23. The van der Waals surface area contributed by atoms with Gasteiger partial charge in [0.2, 0.25) is 0 Å². The molecule has 0 spiro atoms. The van der Waals surface area contributed by atoms with Gasteiger partial charge in [-0.1, -0.05) is 5.16 Å². The zero-order valence-corrected chi connectivity index (χ0v) is 9.81. The topological polar surface area (TPSA) is 62.1 Å². The zero-order chi connectivity index (χ0) is 14.0. The highest BCUT2D eigenvalue weighted by molar-refractivity contribution is 6.04. The third kappa shape index (κ3) is 2.98. The molecule has 1 aliphatic rings. The minimum absolute atomic E-state index is 0.251. The molecular formula is C12H12F3NO3. The van der Waals surface area contributed by atoms with Crippen LogP contribution in [0.1, 0.15) is 17.5 Å². The number of aliphatic hydroxyl groups excluding tert-OH is 1. The lowest BCUT2D eigenvalue weighted by atomic mass is 10.1. The number of benzene rings is 1. The SMILES string of the molecule is O/N=C1/CCc2cc(OCC(O)C(F)(F)F)ccc21. The maximum atomic E-state index is 12.1. The number of aryl methyl sites for hydroxylation is 1. The lowest BCUT2D eigenvalue weighted by molar-refractivity contribution is -0.210. The fraction of sp³-hybridized carbons (Fsp3) is 0.417. The van der Waals surface area contributed by atoms with Crippen molar-refractivity contribution in [3.8, 4) is 5.75 Å². The van der Waals surface area contributed by atoms with Crippen molar-refractivity contribution in [2.45, 2.75) is 25.1 Å². The summed E-state index contributed by atoms with van der Waals surface area (Å²) < 4.78 is 41.2. The predicted molar refractivity (Wildman–Crippen MR) is 60.6 cm³/mol. The number of hydrogen-bond donors (Lipinski definition) is 2. The lowest BCUT2D eigenvalue weighted by Crippen LogP contribution is -2.34. The number of fused-ring (bicyclic) bond motifs is 1. The molecule has 2 N–H and O–H groups in total. The standard InChI is InChI=1S/C12H12F3NO3/c13-12(14,15)11(17)6-19-8-2-3-9-7(5-8)1-4-10(9)16-18/h2-3,5,11,17-18H,1,4,6H2/b16-10-. The van der Waals surface area contributed by atoms with Crippen molar-refractivity contribution >= 4 is 5.71 Å². The van der Waals surface area contributed by atoms with Crippen LogP contribution in [0, 0.1) is 0 Å². The molecule has 1 aromatic carbocycles. The van der Waals surface area contributed by atoms with Gasteiger partial charge in [0.15, 0.2) is 6.10 Å². The number of nitrogens with zero attached hydrogens (tertiary/aromatic N) is 1. The summed E-state index contributed by atoms with van der Waals surface area (Å²) in [6.07, 6.45) is -5.96. The van der Waals surface area contributed by atoms with E-state index >= 15 is 0 Å². The molecule has 0 heterocycles. The average Bonchev–Trinajstić information content (AvgIpc) is 2.76. The van der Waals surface area contributed by atoms with E-state index in [2.05, 4.69) is 5.16 Å². The first kappa shape index (κ1) is 13.7. The zero-order valence-electron chi connectivity index (χ0n) is 9.81. The van der Waals surface area contributed by atoms with Gasteiger partial charge < -0.3 is 15.1 Å². The van der Waals surface area contributed by atoms with E-state index in [0.717, 1.165) is 11.1 Å². The summed E-state index contributed by atoms with van der Waals surface area (Å²) in [4.78, 5) is 0. The summed E-state index contributed by atoms with van der Waals surface area (Å²) >= 11 is 0. The van der Waals surface area contributed by atoms with Crippen LogP contribution in [0.15, 0.2) is 23.4 Å². The van der Waals surface area contributed by atoms with Gasteiger partial charge >= 0.3 is 6.18 Å². The third-order valence-corrected chi connectivity index (χ3v) is 2.93. The molecule has 7 heteroatoms. The molecule has 104 valence electrons. The third-order valence-electron chi connectivity index (χ3n) is 2.93. The molecule has 1 unspecified atom stereocenters. The van der Waals surface area contributed by atoms with Crippen molar-refractivity contribution in [2.24, 2.45) is 5.16 Å². The molecule has 0 saturated carbocycles. The van der Waals surface area contributed by atoms with Crippen molar-refractivity contribution in [3.05, 3.63) is 29.3 Å². The number of ether oxygens (including phenoxy) is 1. The highest BCUT2D eigenvalue weighted by Gasteiger charge is 2.38. The van der Waals surface area contributed by atoms with Crippen molar-refractivity contribution in [2.75, 3.05) is 6.61 Å². The summed E-state index contributed by atoms with van der Waals surface area (Å²) in [5, 5.41) is 20.7. The maximum Gasteiger partial charge on any atom is 0.417 e. The monoisotopic (exact) mass is 275 g/mol. The number of halogens is 3. The van der Waals surface area contributed by atoms with Crippen LogP contribution in [0.2, 0.25) is 0 Å². The molecular weight excluding hydrogens is 263 g/mol. The van der Waals surface area contributed by atoms with Crippen LogP contribution < -0.4 is 4.74 Å². The van der Waals surface area contributed by atoms with Crippen molar-refractivity contribution < 1.29 is 28.2 Å². The minimum atomic E-state index is -4.69. The lowest BCUT2D eigenvalue weighted by Gasteiger charge is -2.15. The molecule has 0 saturated heterocycles. The van der Waals surface area contributed by atoms with Gasteiger partial charge in [0.1, 0.15) is 12.4 Å². The van der Waals surface area contributed by atoms with Crippen LogP contribution in [0.3, 0.4) is 0 Å². The number of hydrogen-bond acceptors (Lipinski definition) is 4. The Balaban J connectivity index is 2.04. The van der Waals surface area contributed by atoms with Crippen LogP contribution in [-0.2, 0) is 6.42 Å². The fourth-order valence-electron chi connectivity index (χ4n) is 1.91. The van der Waals surface area contributed by atoms with E-state index in [9.17, 15) is 13.2 Å². The molecule has 4 nitrogen and oxygen atoms in total. The molecule has 1 aliphatic carbocycles. The Kier molecular flexibility index (Phi) is 3.66. The van der Waals surface area contributed by atoms with Gasteiger partial charge in [-0.15, -0.1) is 0 Å². The van der Waals surface area contributed by atoms with Gasteiger partial charge in [-0.25, -0.2) is 0 Å². The molecule has 0 fully saturated rings. The van der Waals surface area contributed by atoms with E-state index in [4.69, 9.17) is 15.1 Å². The Morgan fingerprint density at radius 3 is 2.68 bits per heavy atom. The summed E-state index contributed by atoms with van der Waals surface area (Å²) in [6.45, 7) is -0.844. The summed E-state index contributed by atoms with van der Waals surface area (Å²) in [7, 11) is 0. The first-order valence-electron chi connectivity index (χ1n) is 5.63. The number of aliphatic hydroxyl groups is 1. The van der Waals surface area contributed by atoms with Crippen molar-refractivity contribution in [1.29, 1.82) is 0 Å². The minimum Gasteiger partial charge on any atom is -0.491 e. The van der Waals surface area contributed by atoms with Crippen molar-refractivity contribution in [3.63, 3.8) is 0 Å². The molecule has 0 aromatic heterocycles. The van der Waals surface area contributed by atoms with Gasteiger partial charge in [-0.2, -0.15) is 13.2 Å². The van der Waals surface area contributed by atoms with E-state index in [-0.39, 0.29) is 5.75 Å². The first-order valence-corrected chi connectivity index (χ1v) is 5.63. The van der Waals surface area contributed by atoms with E-state index < -0.39 is 18.9 Å². The molecule has 0 aliphatic heterocycles. The fourth-order valence-corrected chi connectivity index (χ4v) is 1.91. The van der Waals surface area contributed by atoms with E-state index in [1.54, 1.807) is 12.1 Å². The van der Waals surface area contributed by atoms with Crippen LogP contribution in [0.4, 0.5) is 13.2 Å². The second-order valence-corrected chi connectivity index (χ2v) is 4.23. The van der Waals surface area contributed by atoms with Crippen LogP contribution in [0.5, 0.6) is 5.75 Å². The average molecular weight is 275 g/mol. The molecule has 1 aromatic rings. The largest absolute Gasteiger partial charge is 0.491 e. The van der Waals surface area contributed by atoms with Gasteiger partial charge in [-0.3, -0.25) is 0 Å². The molecule has 19 heavy (non-hydrogen) atoms. The van der Waals surface area contributed by atoms with E-state index in [1.165, 1.54) is 6.07 Å². The molecule has 0 amide bonds. The smallest absolute Gasteiger partial charge is 0.417 e. The maximum absolute atomic E-state index is 12.1.